The van der Waals surface area contributed by atoms with Gasteiger partial charge in [0, 0.05) is 5.69 Å². The Hall–Kier alpha value is -2.39. The predicted molar refractivity (Wildman–Crippen MR) is 92.4 cm³/mol. The second kappa shape index (κ2) is 5.91. The fourth-order valence-electron chi connectivity index (χ4n) is 2.25. The highest BCUT2D eigenvalue weighted by Crippen LogP contribution is 2.29. The summed E-state index contributed by atoms with van der Waals surface area (Å²) in [5, 5.41) is 2.67. The topological polar surface area (TPSA) is 105 Å². The summed E-state index contributed by atoms with van der Waals surface area (Å²) in [5.41, 5.74) is 1.78. The highest BCUT2D eigenvalue weighted by molar-refractivity contribution is 7.93. The zero-order chi connectivity index (χ0) is 17.4. The highest BCUT2D eigenvalue weighted by atomic mass is 32.2. The summed E-state index contributed by atoms with van der Waals surface area (Å²) in [6, 6.07) is 10.8. The van der Waals surface area contributed by atoms with Crippen molar-refractivity contribution in [1.29, 1.82) is 0 Å². The normalized spacial score (nSPS) is 15.4. The molecule has 1 aliphatic heterocycles. The molecular formula is C15H15N3O4S2. The third-order valence-corrected chi connectivity index (χ3v) is 6.22. The summed E-state index contributed by atoms with van der Waals surface area (Å²) in [6.07, 6.45) is 1.91. The molecule has 7 nitrogen and oxygen atoms in total. The minimum atomic E-state index is -3.91. The van der Waals surface area contributed by atoms with E-state index in [1.54, 1.807) is 12.1 Å². The monoisotopic (exact) mass is 365 g/mol. The molecule has 3 rings (SSSR count). The number of aryl methyl sites for hydroxylation is 1. The van der Waals surface area contributed by atoms with Gasteiger partial charge < -0.3 is 5.32 Å². The number of benzene rings is 2. The maximum atomic E-state index is 12.5. The van der Waals surface area contributed by atoms with Gasteiger partial charge in [-0.1, -0.05) is 19.1 Å². The van der Waals surface area contributed by atoms with Crippen LogP contribution in [0, 0.1) is 0 Å². The molecule has 1 aliphatic rings. The van der Waals surface area contributed by atoms with Crippen molar-refractivity contribution in [3.63, 3.8) is 0 Å². The summed E-state index contributed by atoms with van der Waals surface area (Å²) in [7, 11) is -7.80. The Morgan fingerprint density at radius 1 is 1.12 bits per heavy atom. The fraction of sp³-hybridized carbons (Fsp3) is 0.133. The van der Waals surface area contributed by atoms with Crippen LogP contribution >= 0.6 is 0 Å². The average Bonchev–Trinajstić information content (AvgIpc) is 2.55. The summed E-state index contributed by atoms with van der Waals surface area (Å²) in [4.78, 5) is -0.322. The smallest absolute Gasteiger partial charge is 0.285 e. The van der Waals surface area contributed by atoms with Gasteiger partial charge in [-0.15, -0.1) is 4.40 Å². The van der Waals surface area contributed by atoms with Crippen molar-refractivity contribution >= 4 is 37.8 Å². The Balaban J connectivity index is 1.96. The van der Waals surface area contributed by atoms with Crippen molar-refractivity contribution < 1.29 is 16.8 Å². The van der Waals surface area contributed by atoms with Crippen molar-refractivity contribution in [2.75, 3.05) is 10.0 Å². The van der Waals surface area contributed by atoms with E-state index in [0.717, 1.165) is 24.4 Å². The quantitative estimate of drug-likeness (QED) is 0.864. The Labute approximate surface area is 140 Å². The van der Waals surface area contributed by atoms with Crippen molar-refractivity contribution in [3.8, 4) is 0 Å². The number of fused-ring (bicyclic) bond motifs is 1. The van der Waals surface area contributed by atoms with E-state index >= 15 is 0 Å². The molecule has 0 aromatic heterocycles. The van der Waals surface area contributed by atoms with Gasteiger partial charge in [0.05, 0.1) is 10.6 Å². The van der Waals surface area contributed by atoms with Crippen LogP contribution < -0.4 is 10.0 Å². The first-order valence-electron chi connectivity index (χ1n) is 7.13. The second-order valence-electron chi connectivity index (χ2n) is 5.17. The molecule has 0 fully saturated rings. The molecule has 0 amide bonds. The van der Waals surface area contributed by atoms with E-state index in [4.69, 9.17) is 0 Å². The number of nitrogens with zero attached hydrogens (tertiary/aromatic N) is 1. The molecule has 1 heterocycles. The summed E-state index contributed by atoms with van der Waals surface area (Å²) in [5.74, 6) is 0. The molecule has 9 heteroatoms. The lowest BCUT2D eigenvalue weighted by Crippen LogP contribution is -2.16. The van der Waals surface area contributed by atoms with E-state index in [1.807, 2.05) is 19.1 Å². The van der Waals surface area contributed by atoms with Crippen LogP contribution in [-0.2, 0) is 26.5 Å². The van der Waals surface area contributed by atoms with Gasteiger partial charge in [-0.25, -0.2) is 8.42 Å². The molecule has 0 saturated carbocycles. The summed E-state index contributed by atoms with van der Waals surface area (Å²) < 4.78 is 54.6. The third kappa shape index (κ3) is 3.13. The van der Waals surface area contributed by atoms with Gasteiger partial charge in [-0.2, -0.15) is 8.42 Å². The van der Waals surface area contributed by atoms with Gasteiger partial charge in [0.1, 0.15) is 11.2 Å². The largest absolute Gasteiger partial charge is 0.345 e. The van der Waals surface area contributed by atoms with Crippen molar-refractivity contribution in [2.24, 2.45) is 4.40 Å². The molecule has 2 aromatic carbocycles. The number of anilines is 2. The number of hydrogen-bond acceptors (Lipinski definition) is 5. The van der Waals surface area contributed by atoms with Crippen molar-refractivity contribution in [2.45, 2.75) is 23.1 Å². The summed E-state index contributed by atoms with van der Waals surface area (Å²) >= 11 is 0. The molecule has 0 bridgehead atoms. The SMILES string of the molecule is CCc1ccc(NS(=O)(=O)c2ccc3c(c2)S(=O)(=O)N=CN3)cc1. The van der Waals surface area contributed by atoms with E-state index in [-0.39, 0.29) is 15.5 Å². The van der Waals surface area contributed by atoms with Crippen LogP contribution in [0.15, 0.2) is 56.7 Å². The number of sulfonamides is 2. The number of rotatable bonds is 4. The van der Waals surface area contributed by atoms with Gasteiger partial charge >= 0.3 is 0 Å². The molecule has 2 aromatic rings. The molecule has 0 unspecified atom stereocenters. The Morgan fingerprint density at radius 2 is 1.83 bits per heavy atom. The van der Waals surface area contributed by atoms with Crippen LogP contribution in [0.25, 0.3) is 0 Å². The van der Waals surface area contributed by atoms with Crippen LogP contribution in [0.3, 0.4) is 0 Å². The van der Waals surface area contributed by atoms with Crippen LogP contribution in [0.1, 0.15) is 12.5 Å². The van der Waals surface area contributed by atoms with Gasteiger partial charge in [-0.05, 0) is 42.3 Å². The minimum absolute atomic E-state index is 0.150. The first-order valence-corrected chi connectivity index (χ1v) is 10.1. The summed E-state index contributed by atoms with van der Waals surface area (Å²) in [6.45, 7) is 2.00. The molecule has 0 atom stereocenters. The Morgan fingerprint density at radius 3 is 2.50 bits per heavy atom. The molecule has 0 spiro atoms. The van der Waals surface area contributed by atoms with E-state index in [9.17, 15) is 16.8 Å². The molecule has 0 aliphatic carbocycles. The van der Waals surface area contributed by atoms with Crippen LogP contribution in [0.4, 0.5) is 11.4 Å². The van der Waals surface area contributed by atoms with Crippen LogP contribution in [0.2, 0.25) is 0 Å². The Bertz CT molecular complexity index is 1010. The maximum absolute atomic E-state index is 12.5. The first-order chi connectivity index (χ1) is 11.3. The van der Waals surface area contributed by atoms with Crippen LogP contribution in [-0.4, -0.2) is 23.2 Å². The Kier molecular flexibility index (Phi) is 4.06. The lowest BCUT2D eigenvalue weighted by Gasteiger charge is -2.14. The molecule has 2 N–H and O–H groups in total. The van der Waals surface area contributed by atoms with E-state index in [1.165, 1.54) is 12.1 Å². The third-order valence-electron chi connectivity index (χ3n) is 3.57. The molecule has 126 valence electrons. The maximum Gasteiger partial charge on any atom is 0.285 e. The highest BCUT2D eigenvalue weighted by Gasteiger charge is 2.24. The van der Waals surface area contributed by atoms with E-state index < -0.39 is 20.0 Å². The molecular weight excluding hydrogens is 350 g/mol. The average molecular weight is 365 g/mol. The van der Waals surface area contributed by atoms with E-state index in [2.05, 4.69) is 14.4 Å². The zero-order valence-electron chi connectivity index (χ0n) is 12.7. The van der Waals surface area contributed by atoms with Gasteiger partial charge in [0.25, 0.3) is 20.0 Å². The fourth-order valence-corrected chi connectivity index (χ4v) is 4.39. The van der Waals surface area contributed by atoms with Gasteiger partial charge in [0.2, 0.25) is 0 Å². The minimum Gasteiger partial charge on any atom is -0.345 e. The molecule has 24 heavy (non-hydrogen) atoms. The molecule has 0 radical (unpaired) electrons. The number of hydrogen-bond donors (Lipinski definition) is 2. The van der Waals surface area contributed by atoms with Crippen molar-refractivity contribution in [1.82, 2.24) is 0 Å². The molecule has 0 saturated heterocycles. The predicted octanol–water partition coefficient (Wildman–Crippen LogP) is 2.19. The number of nitrogens with one attached hydrogen (secondary N) is 2. The second-order valence-corrected chi connectivity index (χ2v) is 8.45. The van der Waals surface area contributed by atoms with E-state index in [0.29, 0.717) is 5.69 Å². The van der Waals surface area contributed by atoms with Gasteiger partial charge in [0.15, 0.2) is 0 Å². The van der Waals surface area contributed by atoms with Crippen LogP contribution in [0.5, 0.6) is 0 Å². The first kappa shape index (κ1) is 16.5. The lowest BCUT2D eigenvalue weighted by molar-refractivity contribution is 0.597. The van der Waals surface area contributed by atoms with Gasteiger partial charge in [-0.3, -0.25) is 4.72 Å². The lowest BCUT2D eigenvalue weighted by atomic mass is 10.2. The standard InChI is InChI=1S/C15H15N3O4S2/c1-2-11-3-5-12(6-4-11)18-23(19,20)13-7-8-14-15(9-13)24(21,22)17-10-16-14/h3-10,18H,2H2,1H3,(H,16,17). The van der Waals surface area contributed by atoms with Crippen molar-refractivity contribution in [3.05, 3.63) is 48.0 Å². The zero-order valence-corrected chi connectivity index (χ0v) is 14.4.